The third-order valence-electron chi connectivity index (χ3n) is 5.38. The van der Waals surface area contributed by atoms with Gasteiger partial charge in [-0.2, -0.15) is 0 Å². The van der Waals surface area contributed by atoms with Gasteiger partial charge in [-0.15, -0.1) is 12.4 Å². The second kappa shape index (κ2) is 10.3. The summed E-state index contributed by atoms with van der Waals surface area (Å²) in [6, 6.07) is 17.6. The van der Waals surface area contributed by atoms with Gasteiger partial charge in [-0.25, -0.2) is 4.98 Å². The van der Waals surface area contributed by atoms with Crippen LogP contribution in [0.25, 0.3) is 16.9 Å². The van der Waals surface area contributed by atoms with Crippen LogP contribution in [0.4, 0.5) is 0 Å². The molecule has 3 aromatic heterocycles. The van der Waals surface area contributed by atoms with Gasteiger partial charge in [0.15, 0.2) is 0 Å². The highest BCUT2D eigenvalue weighted by Gasteiger charge is 2.20. The van der Waals surface area contributed by atoms with Crippen LogP contribution in [-0.2, 0) is 17.8 Å². The first-order valence-electron chi connectivity index (χ1n) is 10.4. The number of ether oxygens (including phenoxy) is 1. The van der Waals surface area contributed by atoms with Crippen LogP contribution in [0.1, 0.15) is 23.9 Å². The number of carbonyl (C=O) groups is 1. The van der Waals surface area contributed by atoms with Crippen molar-refractivity contribution in [2.75, 3.05) is 13.7 Å². The Morgan fingerprint density at radius 1 is 1.12 bits per heavy atom. The van der Waals surface area contributed by atoms with Crippen molar-refractivity contribution in [1.82, 2.24) is 19.3 Å². The molecule has 166 valence electrons. The average Bonchev–Trinajstić information content (AvgIpc) is 3.15. The predicted octanol–water partition coefficient (Wildman–Crippen LogP) is 4.73. The summed E-state index contributed by atoms with van der Waals surface area (Å²) in [6.45, 7) is 5.13. The first-order valence-corrected chi connectivity index (χ1v) is 10.4. The number of benzene rings is 1. The Morgan fingerprint density at radius 2 is 1.91 bits per heavy atom. The number of hydrogen-bond donors (Lipinski definition) is 0. The summed E-state index contributed by atoms with van der Waals surface area (Å²) in [4.78, 5) is 24.3. The van der Waals surface area contributed by atoms with Crippen LogP contribution in [0, 0.1) is 6.92 Å². The highest BCUT2D eigenvalue weighted by molar-refractivity contribution is 5.85. The van der Waals surface area contributed by atoms with Crippen molar-refractivity contribution in [3.05, 3.63) is 83.9 Å². The number of nitrogens with zero attached hydrogens (tertiary/aromatic N) is 4. The van der Waals surface area contributed by atoms with E-state index in [0.717, 1.165) is 39.6 Å². The number of halogens is 1. The monoisotopic (exact) mass is 450 g/mol. The van der Waals surface area contributed by atoms with Crippen molar-refractivity contribution in [2.24, 2.45) is 0 Å². The molecule has 0 bridgehead atoms. The summed E-state index contributed by atoms with van der Waals surface area (Å²) < 4.78 is 7.30. The molecule has 1 amide bonds. The van der Waals surface area contributed by atoms with E-state index >= 15 is 0 Å². The highest BCUT2D eigenvalue weighted by Crippen LogP contribution is 2.27. The van der Waals surface area contributed by atoms with Gasteiger partial charge in [0, 0.05) is 24.5 Å². The van der Waals surface area contributed by atoms with Gasteiger partial charge in [0.05, 0.1) is 37.2 Å². The van der Waals surface area contributed by atoms with Gasteiger partial charge in [-0.3, -0.25) is 9.78 Å². The van der Waals surface area contributed by atoms with E-state index in [2.05, 4.69) is 4.98 Å². The fraction of sp³-hybridized carbons (Fsp3) is 0.240. The largest absolute Gasteiger partial charge is 0.497 e. The molecule has 0 fully saturated rings. The summed E-state index contributed by atoms with van der Waals surface area (Å²) in [6.07, 6.45) is 4.00. The Balaban J connectivity index is 0.00000289. The Labute approximate surface area is 194 Å². The Bertz CT molecular complexity index is 1190. The number of aryl methyl sites for hydroxylation is 1. The molecule has 0 saturated heterocycles. The molecule has 0 unspecified atom stereocenters. The van der Waals surface area contributed by atoms with Gasteiger partial charge in [0.25, 0.3) is 0 Å². The molecule has 0 aliphatic rings. The third kappa shape index (κ3) is 4.92. The number of rotatable bonds is 7. The standard InChI is InChI=1S/C25H26N4O2.ClH/c1-4-28(17-20-7-5-6-13-26-20)24(30)16-22-25(19-8-10-21(31-3)11-9-19)27-23-15-18(2)12-14-29(22)23;/h5-15H,4,16-17H2,1-3H3;1H. The maximum absolute atomic E-state index is 13.3. The van der Waals surface area contributed by atoms with Crippen LogP contribution in [0.15, 0.2) is 67.0 Å². The molecule has 0 spiro atoms. The number of hydrogen-bond acceptors (Lipinski definition) is 4. The van der Waals surface area contributed by atoms with E-state index in [4.69, 9.17) is 9.72 Å². The number of imidazole rings is 1. The van der Waals surface area contributed by atoms with Crippen LogP contribution in [0.5, 0.6) is 5.75 Å². The molecule has 0 saturated carbocycles. The van der Waals surface area contributed by atoms with E-state index in [9.17, 15) is 4.79 Å². The number of methoxy groups -OCH3 is 1. The molecule has 0 aliphatic carbocycles. The smallest absolute Gasteiger partial charge is 0.228 e. The minimum absolute atomic E-state index is 0. The minimum Gasteiger partial charge on any atom is -0.497 e. The summed E-state index contributed by atoms with van der Waals surface area (Å²) in [5, 5.41) is 0. The highest BCUT2D eigenvalue weighted by atomic mass is 35.5. The van der Waals surface area contributed by atoms with Crippen molar-refractivity contribution in [1.29, 1.82) is 0 Å². The van der Waals surface area contributed by atoms with Gasteiger partial charge in [-0.05, 0) is 67.9 Å². The normalized spacial score (nSPS) is 10.6. The molecule has 0 atom stereocenters. The van der Waals surface area contributed by atoms with Crippen molar-refractivity contribution in [3.63, 3.8) is 0 Å². The molecule has 0 radical (unpaired) electrons. The second-order valence-electron chi connectivity index (χ2n) is 7.47. The van der Waals surface area contributed by atoms with Gasteiger partial charge < -0.3 is 14.0 Å². The molecular formula is C25H27ClN4O2. The van der Waals surface area contributed by atoms with E-state index in [1.165, 1.54) is 0 Å². The SMILES string of the molecule is CCN(Cc1ccccn1)C(=O)Cc1c(-c2ccc(OC)cc2)nc2cc(C)ccn12.Cl. The molecule has 7 heteroatoms. The van der Waals surface area contributed by atoms with Gasteiger partial charge in [0.2, 0.25) is 5.91 Å². The van der Waals surface area contributed by atoms with Crippen LogP contribution >= 0.6 is 12.4 Å². The maximum Gasteiger partial charge on any atom is 0.228 e. The van der Waals surface area contributed by atoms with Crippen molar-refractivity contribution in [3.8, 4) is 17.0 Å². The Kier molecular flexibility index (Phi) is 7.49. The quantitative estimate of drug-likeness (QED) is 0.408. The third-order valence-corrected chi connectivity index (χ3v) is 5.38. The molecular weight excluding hydrogens is 424 g/mol. The van der Waals surface area contributed by atoms with E-state index in [1.54, 1.807) is 13.3 Å². The van der Waals surface area contributed by atoms with Crippen molar-refractivity contribution < 1.29 is 9.53 Å². The molecule has 0 N–H and O–H groups in total. The van der Waals surface area contributed by atoms with Crippen LogP contribution < -0.4 is 4.74 Å². The van der Waals surface area contributed by atoms with E-state index < -0.39 is 0 Å². The van der Waals surface area contributed by atoms with E-state index in [0.29, 0.717) is 13.1 Å². The Hall–Kier alpha value is -3.38. The first kappa shape index (κ1) is 23.3. The molecule has 4 aromatic rings. The summed E-state index contributed by atoms with van der Waals surface area (Å²) in [5.41, 5.74) is 5.49. The topological polar surface area (TPSA) is 59.7 Å². The van der Waals surface area contributed by atoms with Gasteiger partial charge in [0.1, 0.15) is 11.4 Å². The minimum atomic E-state index is 0. The van der Waals surface area contributed by atoms with Crippen LogP contribution in [0.2, 0.25) is 0 Å². The number of fused-ring (bicyclic) bond motifs is 1. The number of pyridine rings is 2. The lowest BCUT2D eigenvalue weighted by Gasteiger charge is -2.21. The molecule has 1 aromatic carbocycles. The molecule has 32 heavy (non-hydrogen) atoms. The zero-order chi connectivity index (χ0) is 21.8. The zero-order valence-corrected chi connectivity index (χ0v) is 19.3. The fourth-order valence-electron chi connectivity index (χ4n) is 3.66. The lowest BCUT2D eigenvalue weighted by molar-refractivity contribution is -0.131. The average molecular weight is 451 g/mol. The number of aromatic nitrogens is 3. The van der Waals surface area contributed by atoms with Crippen molar-refractivity contribution >= 4 is 24.0 Å². The predicted molar refractivity (Wildman–Crippen MR) is 128 cm³/mol. The van der Waals surface area contributed by atoms with E-state index in [1.807, 2.05) is 83.9 Å². The van der Waals surface area contributed by atoms with Crippen LogP contribution in [-0.4, -0.2) is 38.8 Å². The number of likely N-dealkylation sites (N-methyl/N-ethyl adjacent to an activating group) is 1. The fourth-order valence-corrected chi connectivity index (χ4v) is 3.66. The first-order chi connectivity index (χ1) is 15.1. The lowest BCUT2D eigenvalue weighted by atomic mass is 10.1. The van der Waals surface area contributed by atoms with Gasteiger partial charge >= 0.3 is 0 Å². The van der Waals surface area contributed by atoms with Crippen molar-refractivity contribution in [2.45, 2.75) is 26.8 Å². The summed E-state index contributed by atoms with van der Waals surface area (Å²) in [5.74, 6) is 0.832. The van der Waals surface area contributed by atoms with Crippen LogP contribution in [0.3, 0.4) is 0 Å². The second-order valence-corrected chi connectivity index (χ2v) is 7.47. The molecule has 0 aliphatic heterocycles. The van der Waals surface area contributed by atoms with E-state index in [-0.39, 0.29) is 24.7 Å². The maximum atomic E-state index is 13.3. The van der Waals surface area contributed by atoms with Gasteiger partial charge in [-0.1, -0.05) is 6.07 Å². The molecule has 4 rings (SSSR count). The number of carbonyl (C=O) groups excluding carboxylic acids is 1. The Morgan fingerprint density at radius 3 is 2.56 bits per heavy atom. The zero-order valence-electron chi connectivity index (χ0n) is 18.5. The summed E-state index contributed by atoms with van der Waals surface area (Å²) >= 11 is 0. The lowest BCUT2D eigenvalue weighted by Crippen LogP contribution is -2.32. The summed E-state index contributed by atoms with van der Waals surface area (Å²) in [7, 11) is 1.65. The molecule has 6 nitrogen and oxygen atoms in total. The number of amides is 1. The molecule has 3 heterocycles.